The van der Waals surface area contributed by atoms with Gasteiger partial charge in [-0.25, -0.2) is 0 Å². The van der Waals surface area contributed by atoms with Crippen LogP contribution in [0.5, 0.6) is 0 Å². The maximum Gasteiger partial charge on any atom is 0.248 e. The summed E-state index contributed by atoms with van der Waals surface area (Å²) in [4.78, 5) is 10.8. The number of hydrogen-bond acceptors (Lipinski definition) is 3. The summed E-state index contributed by atoms with van der Waals surface area (Å²) in [5.41, 5.74) is 6.80. The minimum Gasteiger partial charge on any atom is -0.393 e. The maximum atomic E-state index is 10.8. The van der Waals surface area contributed by atoms with E-state index in [1.54, 1.807) is 12.1 Å². The van der Waals surface area contributed by atoms with Gasteiger partial charge >= 0.3 is 0 Å². The fourth-order valence-electron chi connectivity index (χ4n) is 1.80. The molecule has 1 aromatic carbocycles. The van der Waals surface area contributed by atoms with Crippen molar-refractivity contribution in [2.45, 2.75) is 31.5 Å². The predicted octanol–water partition coefficient (Wildman–Crippen LogP) is 0.398. The van der Waals surface area contributed by atoms with E-state index in [1.807, 2.05) is 12.1 Å². The number of carbonyl (C=O) groups is 1. The zero-order valence-electron chi connectivity index (χ0n) is 9.02. The van der Waals surface area contributed by atoms with Gasteiger partial charge in [-0.1, -0.05) is 12.1 Å². The van der Waals surface area contributed by atoms with Crippen molar-refractivity contribution in [1.29, 1.82) is 0 Å². The Kier molecular flexibility index (Phi) is 3.22. The van der Waals surface area contributed by atoms with Gasteiger partial charge in [0, 0.05) is 18.2 Å². The van der Waals surface area contributed by atoms with Crippen LogP contribution in [0.2, 0.25) is 0 Å². The zero-order chi connectivity index (χ0) is 11.5. The first kappa shape index (κ1) is 11.1. The Morgan fingerprint density at radius 3 is 2.50 bits per heavy atom. The van der Waals surface area contributed by atoms with Gasteiger partial charge in [0.25, 0.3) is 0 Å². The first-order chi connectivity index (χ1) is 7.65. The Morgan fingerprint density at radius 1 is 1.38 bits per heavy atom. The number of nitrogens with two attached hydrogens (primary N) is 1. The van der Waals surface area contributed by atoms with Crippen molar-refractivity contribution in [2.75, 3.05) is 0 Å². The molecule has 0 radical (unpaired) electrons. The highest BCUT2D eigenvalue weighted by Gasteiger charge is 2.26. The van der Waals surface area contributed by atoms with Gasteiger partial charge in [0.15, 0.2) is 0 Å². The van der Waals surface area contributed by atoms with E-state index in [0.717, 1.165) is 24.9 Å². The SMILES string of the molecule is NC(=O)c1ccc(CNC2CC(O)C2)cc1. The molecule has 0 saturated heterocycles. The second kappa shape index (κ2) is 4.63. The molecule has 1 amide bonds. The summed E-state index contributed by atoms with van der Waals surface area (Å²) in [6.45, 7) is 0.760. The van der Waals surface area contributed by atoms with Crippen LogP contribution in [0, 0.1) is 0 Å². The molecule has 0 heterocycles. The van der Waals surface area contributed by atoms with Crippen molar-refractivity contribution >= 4 is 5.91 Å². The summed E-state index contributed by atoms with van der Waals surface area (Å²) in [6.07, 6.45) is 1.54. The fraction of sp³-hybridized carbons (Fsp3) is 0.417. The van der Waals surface area contributed by atoms with Crippen molar-refractivity contribution in [2.24, 2.45) is 5.73 Å². The second-order valence-electron chi connectivity index (χ2n) is 4.26. The smallest absolute Gasteiger partial charge is 0.248 e. The summed E-state index contributed by atoms with van der Waals surface area (Å²) >= 11 is 0. The van der Waals surface area contributed by atoms with Gasteiger partial charge in [-0.2, -0.15) is 0 Å². The van der Waals surface area contributed by atoms with Crippen LogP contribution in [0.4, 0.5) is 0 Å². The van der Waals surface area contributed by atoms with Crippen LogP contribution >= 0.6 is 0 Å². The maximum absolute atomic E-state index is 10.8. The number of benzene rings is 1. The van der Waals surface area contributed by atoms with E-state index < -0.39 is 5.91 Å². The lowest BCUT2D eigenvalue weighted by Crippen LogP contribution is -2.43. The van der Waals surface area contributed by atoms with Crippen molar-refractivity contribution in [3.05, 3.63) is 35.4 Å². The third-order valence-corrected chi connectivity index (χ3v) is 2.95. The molecule has 0 atom stereocenters. The second-order valence-corrected chi connectivity index (χ2v) is 4.26. The Hall–Kier alpha value is -1.39. The topological polar surface area (TPSA) is 75.4 Å². The predicted molar refractivity (Wildman–Crippen MR) is 60.8 cm³/mol. The van der Waals surface area contributed by atoms with Crippen LogP contribution in [-0.4, -0.2) is 23.2 Å². The van der Waals surface area contributed by atoms with Gasteiger partial charge in [-0.05, 0) is 30.5 Å². The number of carbonyl (C=O) groups excluding carboxylic acids is 1. The van der Waals surface area contributed by atoms with E-state index in [9.17, 15) is 4.79 Å². The standard InChI is InChI=1S/C12H16N2O2/c13-12(16)9-3-1-8(2-4-9)7-14-10-5-11(15)6-10/h1-4,10-11,14-15H,5-7H2,(H2,13,16). The molecule has 4 heteroatoms. The van der Waals surface area contributed by atoms with Crippen molar-refractivity contribution in [1.82, 2.24) is 5.32 Å². The number of primary amides is 1. The monoisotopic (exact) mass is 220 g/mol. The number of aliphatic hydroxyl groups excluding tert-OH is 1. The molecule has 1 aliphatic rings. The molecule has 86 valence electrons. The first-order valence-corrected chi connectivity index (χ1v) is 5.45. The van der Waals surface area contributed by atoms with Crippen LogP contribution < -0.4 is 11.1 Å². The first-order valence-electron chi connectivity index (χ1n) is 5.45. The largest absolute Gasteiger partial charge is 0.393 e. The third kappa shape index (κ3) is 2.59. The summed E-state index contributed by atoms with van der Waals surface area (Å²) < 4.78 is 0. The molecule has 16 heavy (non-hydrogen) atoms. The molecule has 1 aromatic rings. The summed E-state index contributed by atoms with van der Waals surface area (Å²) in [6, 6.07) is 7.67. The molecule has 0 bridgehead atoms. The van der Waals surface area contributed by atoms with E-state index in [1.165, 1.54) is 0 Å². The van der Waals surface area contributed by atoms with Gasteiger partial charge < -0.3 is 16.2 Å². The highest BCUT2D eigenvalue weighted by Crippen LogP contribution is 2.19. The van der Waals surface area contributed by atoms with Crippen molar-refractivity contribution < 1.29 is 9.90 Å². The van der Waals surface area contributed by atoms with Gasteiger partial charge in [-0.15, -0.1) is 0 Å². The normalized spacial score (nSPS) is 23.8. The average molecular weight is 220 g/mol. The highest BCUT2D eigenvalue weighted by atomic mass is 16.3. The highest BCUT2D eigenvalue weighted by molar-refractivity contribution is 5.92. The molecule has 2 rings (SSSR count). The molecule has 0 spiro atoms. The van der Waals surface area contributed by atoms with Gasteiger partial charge in [-0.3, -0.25) is 4.79 Å². The number of rotatable bonds is 4. The quantitative estimate of drug-likeness (QED) is 0.687. The molecule has 4 N–H and O–H groups in total. The Bertz CT molecular complexity index is 369. The van der Waals surface area contributed by atoms with E-state index >= 15 is 0 Å². The molecule has 1 fully saturated rings. The van der Waals surface area contributed by atoms with E-state index in [4.69, 9.17) is 10.8 Å². The number of nitrogens with one attached hydrogen (secondary N) is 1. The molecule has 0 unspecified atom stereocenters. The van der Waals surface area contributed by atoms with Crippen LogP contribution in [0.25, 0.3) is 0 Å². The molecule has 1 saturated carbocycles. The lowest BCUT2D eigenvalue weighted by molar-refractivity contribution is 0.0619. The summed E-state index contributed by atoms with van der Waals surface area (Å²) in [5.74, 6) is -0.401. The molecule has 1 aliphatic carbocycles. The lowest BCUT2D eigenvalue weighted by atomic mass is 9.89. The van der Waals surface area contributed by atoms with Gasteiger partial charge in [0.1, 0.15) is 0 Å². The van der Waals surface area contributed by atoms with E-state index in [2.05, 4.69) is 5.32 Å². The zero-order valence-corrected chi connectivity index (χ0v) is 9.02. The van der Waals surface area contributed by atoms with Crippen LogP contribution in [0.1, 0.15) is 28.8 Å². The van der Waals surface area contributed by atoms with Crippen LogP contribution in [0.15, 0.2) is 24.3 Å². The van der Waals surface area contributed by atoms with Crippen molar-refractivity contribution in [3.63, 3.8) is 0 Å². The minimum absolute atomic E-state index is 0.130. The lowest BCUT2D eigenvalue weighted by Gasteiger charge is -2.32. The molecular weight excluding hydrogens is 204 g/mol. The fourth-order valence-corrected chi connectivity index (χ4v) is 1.80. The molecule has 4 nitrogen and oxygen atoms in total. The van der Waals surface area contributed by atoms with Gasteiger partial charge in [0.05, 0.1) is 6.10 Å². The van der Waals surface area contributed by atoms with Crippen LogP contribution in [0.3, 0.4) is 0 Å². The third-order valence-electron chi connectivity index (χ3n) is 2.95. The number of aliphatic hydroxyl groups is 1. The van der Waals surface area contributed by atoms with Gasteiger partial charge in [0.2, 0.25) is 5.91 Å². The molecule has 0 aromatic heterocycles. The number of amides is 1. The Morgan fingerprint density at radius 2 is 2.00 bits per heavy atom. The van der Waals surface area contributed by atoms with E-state index in [0.29, 0.717) is 11.6 Å². The minimum atomic E-state index is -0.401. The Labute approximate surface area is 94.5 Å². The van der Waals surface area contributed by atoms with E-state index in [-0.39, 0.29) is 6.10 Å². The Balaban J connectivity index is 1.83. The average Bonchev–Trinajstić information content (AvgIpc) is 2.23. The molecule has 0 aliphatic heterocycles. The summed E-state index contributed by atoms with van der Waals surface area (Å²) in [5, 5.41) is 12.5. The molecular formula is C12H16N2O2. The number of hydrogen-bond donors (Lipinski definition) is 3. The van der Waals surface area contributed by atoms with Crippen LogP contribution in [-0.2, 0) is 6.54 Å². The van der Waals surface area contributed by atoms with Crippen molar-refractivity contribution in [3.8, 4) is 0 Å². The summed E-state index contributed by atoms with van der Waals surface area (Å²) in [7, 11) is 0.